The summed E-state index contributed by atoms with van der Waals surface area (Å²) in [7, 11) is 1.47. The molecule has 1 heterocycles. The Morgan fingerprint density at radius 3 is 2.00 bits per heavy atom. The third-order valence-electron chi connectivity index (χ3n) is 4.63. The molecule has 9 nitrogen and oxygen atoms in total. The minimum Gasteiger partial charge on any atom is -0.370 e. The molecular formula is C22H46N6O3. The SMILES string of the molecule is CCCC.CCCCCCN1C(=O)C(CC)NC(=O)C1C(=O)NC.CCCN=C(N)N. The molecule has 1 aliphatic heterocycles. The fourth-order valence-electron chi connectivity index (χ4n) is 2.64. The summed E-state index contributed by atoms with van der Waals surface area (Å²) in [4.78, 5) is 41.4. The van der Waals surface area contributed by atoms with Crippen molar-refractivity contribution in [2.24, 2.45) is 16.5 Å². The Morgan fingerprint density at radius 1 is 1.00 bits per heavy atom. The number of rotatable bonds is 10. The lowest BCUT2D eigenvalue weighted by atomic mass is 10.0. The van der Waals surface area contributed by atoms with E-state index in [2.05, 4.69) is 36.4 Å². The topological polar surface area (TPSA) is 143 Å². The molecule has 0 aromatic heterocycles. The Labute approximate surface area is 188 Å². The first-order valence-corrected chi connectivity index (χ1v) is 11.6. The summed E-state index contributed by atoms with van der Waals surface area (Å²) < 4.78 is 0. The second-order valence-electron chi connectivity index (χ2n) is 7.39. The molecule has 182 valence electrons. The first-order valence-electron chi connectivity index (χ1n) is 11.6. The van der Waals surface area contributed by atoms with E-state index in [0.29, 0.717) is 13.0 Å². The van der Waals surface area contributed by atoms with Gasteiger partial charge >= 0.3 is 0 Å². The van der Waals surface area contributed by atoms with Gasteiger partial charge in [-0.1, -0.05) is 66.7 Å². The van der Waals surface area contributed by atoms with Crippen molar-refractivity contribution in [1.29, 1.82) is 0 Å². The predicted molar refractivity (Wildman–Crippen MR) is 127 cm³/mol. The van der Waals surface area contributed by atoms with Crippen LogP contribution in [0.5, 0.6) is 0 Å². The van der Waals surface area contributed by atoms with E-state index in [1.54, 1.807) is 0 Å². The average molecular weight is 443 g/mol. The van der Waals surface area contributed by atoms with Crippen LogP contribution in [-0.2, 0) is 14.4 Å². The van der Waals surface area contributed by atoms with Crippen LogP contribution >= 0.6 is 0 Å². The van der Waals surface area contributed by atoms with Gasteiger partial charge in [-0.05, 0) is 19.3 Å². The number of nitrogens with zero attached hydrogens (tertiary/aromatic N) is 2. The zero-order chi connectivity index (χ0) is 24.2. The van der Waals surface area contributed by atoms with Crippen LogP contribution in [0.3, 0.4) is 0 Å². The Hall–Kier alpha value is -2.32. The number of likely N-dealkylation sites (N-methyl/N-ethyl adjacent to an activating group) is 1. The maximum absolute atomic E-state index is 12.3. The predicted octanol–water partition coefficient (Wildman–Crippen LogP) is 1.89. The van der Waals surface area contributed by atoms with Crippen LogP contribution in [-0.4, -0.2) is 60.8 Å². The highest BCUT2D eigenvalue weighted by molar-refractivity contribution is 6.10. The molecule has 0 radical (unpaired) electrons. The molecular weight excluding hydrogens is 396 g/mol. The number of guanidine groups is 1. The van der Waals surface area contributed by atoms with Crippen LogP contribution in [0, 0.1) is 0 Å². The first-order chi connectivity index (χ1) is 14.7. The van der Waals surface area contributed by atoms with Crippen molar-refractivity contribution in [1.82, 2.24) is 15.5 Å². The second-order valence-corrected chi connectivity index (χ2v) is 7.39. The highest BCUT2D eigenvalue weighted by Crippen LogP contribution is 2.14. The van der Waals surface area contributed by atoms with Crippen LogP contribution in [0.1, 0.15) is 86.0 Å². The number of amides is 3. The van der Waals surface area contributed by atoms with Gasteiger partial charge in [-0.2, -0.15) is 0 Å². The van der Waals surface area contributed by atoms with Gasteiger partial charge < -0.3 is 27.0 Å². The molecule has 2 atom stereocenters. The molecule has 1 fully saturated rings. The Balaban J connectivity index is 0. The average Bonchev–Trinajstić information content (AvgIpc) is 2.77. The summed E-state index contributed by atoms with van der Waals surface area (Å²) in [6.45, 7) is 11.5. The van der Waals surface area contributed by atoms with Crippen LogP contribution < -0.4 is 22.1 Å². The van der Waals surface area contributed by atoms with E-state index in [1.165, 1.54) is 24.8 Å². The minimum atomic E-state index is -1.03. The summed E-state index contributed by atoms with van der Waals surface area (Å²) >= 11 is 0. The number of carbonyl (C=O) groups is 3. The Morgan fingerprint density at radius 2 is 1.61 bits per heavy atom. The van der Waals surface area contributed by atoms with Gasteiger partial charge in [0.25, 0.3) is 11.8 Å². The molecule has 6 N–H and O–H groups in total. The van der Waals surface area contributed by atoms with Gasteiger partial charge in [0.2, 0.25) is 5.91 Å². The van der Waals surface area contributed by atoms with E-state index >= 15 is 0 Å². The van der Waals surface area contributed by atoms with Crippen molar-refractivity contribution in [3.8, 4) is 0 Å². The molecule has 0 saturated carbocycles. The van der Waals surface area contributed by atoms with Crippen molar-refractivity contribution in [3.05, 3.63) is 0 Å². The Bertz CT molecular complexity index is 533. The molecule has 0 aliphatic carbocycles. The molecule has 0 spiro atoms. The number of carbonyl (C=O) groups excluding carboxylic acids is 3. The summed E-state index contributed by atoms with van der Waals surface area (Å²) in [5.41, 5.74) is 10.0. The van der Waals surface area contributed by atoms with Crippen molar-refractivity contribution >= 4 is 23.7 Å². The van der Waals surface area contributed by atoms with Gasteiger partial charge in [-0.15, -0.1) is 0 Å². The van der Waals surface area contributed by atoms with Gasteiger partial charge in [0.1, 0.15) is 6.04 Å². The van der Waals surface area contributed by atoms with Crippen LogP contribution in [0.4, 0.5) is 0 Å². The van der Waals surface area contributed by atoms with Crippen LogP contribution in [0.15, 0.2) is 4.99 Å². The molecule has 0 aromatic carbocycles. The number of hydrogen-bond acceptors (Lipinski definition) is 4. The quantitative estimate of drug-likeness (QED) is 0.177. The zero-order valence-corrected chi connectivity index (χ0v) is 20.5. The largest absolute Gasteiger partial charge is 0.370 e. The highest BCUT2D eigenvalue weighted by atomic mass is 16.2. The monoisotopic (exact) mass is 442 g/mol. The fourth-order valence-corrected chi connectivity index (χ4v) is 2.64. The number of piperazine rings is 1. The number of nitrogens with one attached hydrogen (secondary N) is 2. The summed E-state index contributed by atoms with van der Waals surface area (Å²) in [6, 6.07) is -1.54. The summed E-state index contributed by atoms with van der Waals surface area (Å²) in [6.07, 6.45) is 8.19. The van der Waals surface area contributed by atoms with E-state index < -0.39 is 18.0 Å². The number of hydrogen-bond donors (Lipinski definition) is 4. The molecule has 0 aromatic rings. The lowest BCUT2D eigenvalue weighted by Gasteiger charge is -2.37. The van der Waals surface area contributed by atoms with E-state index in [9.17, 15) is 14.4 Å². The molecule has 1 saturated heterocycles. The highest BCUT2D eigenvalue weighted by Gasteiger charge is 2.43. The second kappa shape index (κ2) is 19.6. The van der Waals surface area contributed by atoms with Crippen molar-refractivity contribution in [2.75, 3.05) is 20.1 Å². The number of aliphatic imine (C=N–C) groups is 1. The third kappa shape index (κ3) is 13.6. The molecule has 0 bridgehead atoms. The van der Waals surface area contributed by atoms with Crippen LogP contribution in [0.2, 0.25) is 0 Å². The zero-order valence-electron chi connectivity index (χ0n) is 20.5. The molecule has 1 rings (SSSR count). The van der Waals surface area contributed by atoms with E-state index in [-0.39, 0.29) is 17.8 Å². The normalized spacial score (nSPS) is 17.4. The van der Waals surface area contributed by atoms with E-state index in [4.69, 9.17) is 11.5 Å². The molecule has 3 amide bonds. The van der Waals surface area contributed by atoms with E-state index in [1.807, 2.05) is 13.8 Å². The molecule has 2 unspecified atom stereocenters. The van der Waals surface area contributed by atoms with Crippen LogP contribution in [0.25, 0.3) is 0 Å². The fraction of sp³-hybridized carbons (Fsp3) is 0.818. The third-order valence-corrected chi connectivity index (χ3v) is 4.63. The maximum Gasteiger partial charge on any atom is 0.253 e. The maximum atomic E-state index is 12.3. The van der Waals surface area contributed by atoms with Gasteiger partial charge in [0, 0.05) is 20.1 Å². The Kier molecular flexibility index (Phi) is 19.5. The lowest BCUT2D eigenvalue weighted by molar-refractivity contribution is -0.154. The van der Waals surface area contributed by atoms with Crippen molar-refractivity contribution < 1.29 is 14.4 Å². The molecule has 1 aliphatic rings. The lowest BCUT2D eigenvalue weighted by Crippen LogP contribution is -2.67. The van der Waals surface area contributed by atoms with Crippen molar-refractivity contribution in [3.63, 3.8) is 0 Å². The summed E-state index contributed by atoms with van der Waals surface area (Å²) in [5.74, 6) is -0.786. The number of nitrogens with two attached hydrogens (primary N) is 2. The van der Waals surface area contributed by atoms with Gasteiger partial charge in [-0.25, -0.2) is 0 Å². The number of unbranched alkanes of at least 4 members (excludes halogenated alkanes) is 4. The molecule has 9 heteroatoms. The molecule has 31 heavy (non-hydrogen) atoms. The standard InChI is InChI=1S/C14H25N3O3.C4H11N3.C4H10/c1-4-6-7-8-9-17-11(12(18)15-3)13(19)16-10(5-2)14(17)20;1-2-3-7-4(5)6;1-3-4-2/h10-11H,4-9H2,1-3H3,(H,15,18)(H,16,19);2-3H2,1H3,(H4,5,6,7);3-4H2,1-2H3. The minimum absolute atomic E-state index is 0.155. The summed E-state index contributed by atoms with van der Waals surface area (Å²) in [5, 5.41) is 5.08. The van der Waals surface area contributed by atoms with E-state index in [0.717, 1.165) is 38.6 Å². The van der Waals surface area contributed by atoms with Crippen molar-refractivity contribution in [2.45, 2.75) is 98.1 Å². The van der Waals surface area contributed by atoms with Gasteiger partial charge in [-0.3, -0.25) is 19.4 Å². The van der Waals surface area contributed by atoms with Gasteiger partial charge in [0.15, 0.2) is 12.0 Å². The van der Waals surface area contributed by atoms with Gasteiger partial charge in [0.05, 0.1) is 0 Å². The smallest absolute Gasteiger partial charge is 0.253 e. The first kappa shape index (κ1) is 30.9.